The van der Waals surface area contributed by atoms with Gasteiger partial charge in [0.25, 0.3) is 0 Å². The Labute approximate surface area is 136 Å². The lowest BCUT2D eigenvalue weighted by Gasteiger charge is -2.17. The van der Waals surface area contributed by atoms with Gasteiger partial charge in [0.1, 0.15) is 0 Å². The molecule has 2 aromatic rings. The predicted molar refractivity (Wildman–Crippen MR) is 89.7 cm³/mol. The van der Waals surface area contributed by atoms with E-state index in [9.17, 15) is 4.79 Å². The molecule has 0 spiro atoms. The number of hydrogen-bond donors (Lipinski definition) is 2. The molecular formula is C18H22N4O. The molecule has 0 bridgehead atoms. The van der Waals surface area contributed by atoms with Gasteiger partial charge in [-0.25, -0.2) is 9.48 Å². The zero-order chi connectivity index (χ0) is 15.9. The quantitative estimate of drug-likeness (QED) is 0.888. The Morgan fingerprint density at radius 2 is 2.09 bits per heavy atom. The van der Waals surface area contributed by atoms with Gasteiger partial charge in [-0.05, 0) is 62.1 Å². The average molecular weight is 310 g/mol. The molecule has 1 heterocycles. The van der Waals surface area contributed by atoms with Crippen molar-refractivity contribution in [1.29, 1.82) is 0 Å². The van der Waals surface area contributed by atoms with E-state index in [-0.39, 0.29) is 6.03 Å². The van der Waals surface area contributed by atoms with Crippen molar-refractivity contribution in [2.75, 3.05) is 11.9 Å². The van der Waals surface area contributed by atoms with Crippen molar-refractivity contribution in [2.24, 2.45) is 11.3 Å². The Balaban J connectivity index is 1.44. The summed E-state index contributed by atoms with van der Waals surface area (Å²) in [5.41, 5.74) is 3.10. The van der Waals surface area contributed by atoms with Gasteiger partial charge in [0.15, 0.2) is 0 Å². The highest BCUT2D eigenvalue weighted by atomic mass is 16.2. The fourth-order valence-corrected chi connectivity index (χ4v) is 3.39. The monoisotopic (exact) mass is 310 g/mol. The number of carbonyl (C=O) groups excluding carboxylic acids is 1. The highest BCUT2D eigenvalue weighted by Gasteiger charge is 2.53. The molecule has 1 aromatic heterocycles. The fourth-order valence-electron chi connectivity index (χ4n) is 3.39. The number of carbonyl (C=O) groups is 1. The van der Waals surface area contributed by atoms with Gasteiger partial charge in [-0.1, -0.05) is 12.1 Å². The van der Waals surface area contributed by atoms with Crippen LogP contribution < -0.4 is 10.6 Å². The van der Waals surface area contributed by atoms with E-state index in [1.165, 1.54) is 25.7 Å². The van der Waals surface area contributed by atoms with Gasteiger partial charge < -0.3 is 10.6 Å². The largest absolute Gasteiger partial charge is 0.337 e. The molecule has 2 saturated carbocycles. The molecule has 2 fully saturated rings. The number of benzene rings is 1. The van der Waals surface area contributed by atoms with E-state index >= 15 is 0 Å². The van der Waals surface area contributed by atoms with Gasteiger partial charge in [0.2, 0.25) is 0 Å². The van der Waals surface area contributed by atoms with Crippen LogP contribution in [-0.4, -0.2) is 22.4 Å². The first-order chi connectivity index (χ1) is 11.2. The molecule has 1 aromatic carbocycles. The number of rotatable bonds is 5. The van der Waals surface area contributed by atoms with Crippen molar-refractivity contribution < 1.29 is 4.79 Å². The summed E-state index contributed by atoms with van der Waals surface area (Å²) in [6, 6.07) is 9.56. The molecule has 4 rings (SSSR count). The van der Waals surface area contributed by atoms with Crippen LogP contribution in [0.25, 0.3) is 5.69 Å². The number of aryl methyl sites for hydroxylation is 1. The first-order valence-corrected chi connectivity index (χ1v) is 8.33. The molecule has 2 N–H and O–H groups in total. The normalized spacial score (nSPS) is 18.5. The number of para-hydroxylation sites is 2. The summed E-state index contributed by atoms with van der Waals surface area (Å²) >= 11 is 0. The van der Waals surface area contributed by atoms with Gasteiger partial charge in [-0.15, -0.1) is 0 Å². The van der Waals surface area contributed by atoms with Crippen LogP contribution in [0.15, 0.2) is 36.5 Å². The Morgan fingerprint density at radius 1 is 1.30 bits per heavy atom. The van der Waals surface area contributed by atoms with Gasteiger partial charge in [0.05, 0.1) is 11.4 Å². The smallest absolute Gasteiger partial charge is 0.319 e. The molecule has 120 valence electrons. The number of nitrogens with zero attached hydrogens (tertiary/aromatic N) is 2. The summed E-state index contributed by atoms with van der Waals surface area (Å²) in [4.78, 5) is 12.3. The lowest BCUT2D eigenvalue weighted by atomic mass is 10.0. The molecule has 5 nitrogen and oxygen atoms in total. The molecule has 0 unspecified atom stereocenters. The molecule has 0 atom stereocenters. The second-order valence-corrected chi connectivity index (χ2v) is 6.85. The van der Waals surface area contributed by atoms with E-state index < -0.39 is 0 Å². The van der Waals surface area contributed by atoms with Crippen LogP contribution in [0, 0.1) is 18.3 Å². The molecule has 2 aliphatic carbocycles. The molecule has 5 heteroatoms. The summed E-state index contributed by atoms with van der Waals surface area (Å²) < 4.78 is 1.84. The van der Waals surface area contributed by atoms with Crippen molar-refractivity contribution >= 4 is 11.7 Å². The average Bonchev–Trinajstić information content (AvgIpc) is 3.44. The van der Waals surface area contributed by atoms with Gasteiger partial charge in [-0.2, -0.15) is 5.10 Å². The number of urea groups is 1. The van der Waals surface area contributed by atoms with Crippen LogP contribution in [0.1, 0.15) is 31.4 Å². The van der Waals surface area contributed by atoms with Crippen molar-refractivity contribution in [3.05, 3.63) is 42.2 Å². The van der Waals surface area contributed by atoms with Crippen molar-refractivity contribution in [2.45, 2.75) is 32.6 Å². The van der Waals surface area contributed by atoms with Gasteiger partial charge in [0, 0.05) is 18.4 Å². The van der Waals surface area contributed by atoms with Crippen molar-refractivity contribution in [3.8, 4) is 5.69 Å². The van der Waals surface area contributed by atoms with E-state index in [2.05, 4.69) is 15.7 Å². The second kappa shape index (κ2) is 5.41. The third-order valence-corrected chi connectivity index (χ3v) is 5.15. The Kier molecular flexibility index (Phi) is 3.36. The van der Waals surface area contributed by atoms with E-state index in [4.69, 9.17) is 0 Å². The highest BCUT2D eigenvalue weighted by Crippen LogP contribution is 2.60. The second-order valence-electron chi connectivity index (χ2n) is 6.85. The molecule has 2 amide bonds. The zero-order valence-corrected chi connectivity index (χ0v) is 13.4. The predicted octanol–water partition coefficient (Wildman–Crippen LogP) is 3.49. The van der Waals surface area contributed by atoms with Gasteiger partial charge >= 0.3 is 6.03 Å². The molecule has 0 radical (unpaired) electrons. The molecule has 0 aliphatic heterocycles. The minimum absolute atomic E-state index is 0.130. The minimum atomic E-state index is -0.130. The van der Waals surface area contributed by atoms with Crippen LogP contribution in [0.5, 0.6) is 0 Å². The molecule has 2 aliphatic rings. The Morgan fingerprint density at radius 3 is 2.74 bits per heavy atom. The van der Waals surface area contributed by atoms with E-state index in [1.807, 2.05) is 41.9 Å². The number of anilines is 1. The van der Waals surface area contributed by atoms with E-state index in [0.717, 1.165) is 29.5 Å². The van der Waals surface area contributed by atoms with Crippen LogP contribution in [0.4, 0.5) is 10.5 Å². The SMILES string of the molecule is Cc1ccnn1-c1ccccc1NC(=O)NCC1(C2CC2)CC1. The lowest BCUT2D eigenvalue weighted by Crippen LogP contribution is -2.34. The van der Waals surface area contributed by atoms with Crippen molar-refractivity contribution in [3.63, 3.8) is 0 Å². The number of nitrogens with one attached hydrogen (secondary N) is 2. The number of amides is 2. The molecule has 0 saturated heterocycles. The van der Waals surface area contributed by atoms with Crippen LogP contribution >= 0.6 is 0 Å². The summed E-state index contributed by atoms with van der Waals surface area (Å²) in [5.74, 6) is 0.849. The first kappa shape index (κ1) is 14.3. The standard InChI is InChI=1S/C18H22N4O/c1-13-8-11-20-22(13)16-5-3-2-4-15(16)21-17(23)19-12-18(9-10-18)14-6-7-14/h2-5,8,11,14H,6-7,9-10,12H2,1H3,(H2,19,21,23). The number of aromatic nitrogens is 2. The third-order valence-electron chi connectivity index (χ3n) is 5.15. The van der Waals surface area contributed by atoms with Crippen LogP contribution in [0.3, 0.4) is 0 Å². The van der Waals surface area contributed by atoms with E-state index in [0.29, 0.717) is 5.41 Å². The zero-order valence-electron chi connectivity index (χ0n) is 13.4. The lowest BCUT2D eigenvalue weighted by molar-refractivity contribution is 0.248. The maximum atomic E-state index is 12.3. The first-order valence-electron chi connectivity index (χ1n) is 8.33. The third kappa shape index (κ3) is 2.83. The molecule has 23 heavy (non-hydrogen) atoms. The minimum Gasteiger partial charge on any atom is -0.337 e. The maximum absolute atomic E-state index is 12.3. The highest BCUT2D eigenvalue weighted by molar-refractivity contribution is 5.91. The van der Waals surface area contributed by atoms with Crippen LogP contribution in [0.2, 0.25) is 0 Å². The summed E-state index contributed by atoms with van der Waals surface area (Å²) in [7, 11) is 0. The number of hydrogen-bond acceptors (Lipinski definition) is 2. The maximum Gasteiger partial charge on any atom is 0.319 e. The van der Waals surface area contributed by atoms with Gasteiger partial charge in [-0.3, -0.25) is 0 Å². The summed E-state index contributed by atoms with van der Waals surface area (Å²) in [6.07, 6.45) is 6.97. The van der Waals surface area contributed by atoms with Crippen LogP contribution in [-0.2, 0) is 0 Å². The molecular weight excluding hydrogens is 288 g/mol. The Bertz CT molecular complexity index is 728. The van der Waals surface area contributed by atoms with E-state index in [1.54, 1.807) is 6.20 Å². The van der Waals surface area contributed by atoms with Crippen molar-refractivity contribution in [1.82, 2.24) is 15.1 Å². The summed E-state index contributed by atoms with van der Waals surface area (Å²) in [5, 5.41) is 10.4. The topological polar surface area (TPSA) is 59.0 Å². The Hall–Kier alpha value is -2.30. The summed E-state index contributed by atoms with van der Waals surface area (Å²) in [6.45, 7) is 2.79. The fraction of sp³-hybridized carbons (Fsp3) is 0.444.